The minimum atomic E-state index is -0.470. The molecule has 3 aromatic rings. The summed E-state index contributed by atoms with van der Waals surface area (Å²) in [4.78, 5) is 25.1. The average molecular weight is 488 g/mol. The Morgan fingerprint density at radius 1 is 1.10 bits per heavy atom. The molecule has 0 unspecified atom stereocenters. The fraction of sp³-hybridized carbons (Fsp3) is 0.217. The molecular formula is C23H22BrNO4S. The van der Waals surface area contributed by atoms with Gasteiger partial charge in [-0.05, 0) is 55.7 Å². The second-order valence-corrected chi connectivity index (χ2v) is 8.41. The van der Waals surface area contributed by atoms with Crippen molar-refractivity contribution in [1.29, 1.82) is 0 Å². The van der Waals surface area contributed by atoms with Crippen molar-refractivity contribution in [2.45, 2.75) is 20.8 Å². The summed E-state index contributed by atoms with van der Waals surface area (Å²) in [5.74, 6) is -0.148. The van der Waals surface area contributed by atoms with Crippen molar-refractivity contribution in [1.82, 2.24) is 0 Å². The van der Waals surface area contributed by atoms with E-state index in [-0.39, 0.29) is 19.1 Å². The molecule has 0 saturated heterocycles. The van der Waals surface area contributed by atoms with Crippen LogP contribution in [0.1, 0.15) is 28.4 Å². The van der Waals surface area contributed by atoms with Crippen LogP contribution in [0.5, 0.6) is 5.75 Å². The molecule has 7 heteroatoms. The number of halogens is 1. The standard InChI is InChI=1S/C23H22BrNO4S/c1-4-28-23(27)21-18(16-8-10-17(24)11-9-16)13-30-22(21)25-20(26)12-29-19-7-5-6-14(2)15(19)3/h5-11,13H,4,12H2,1-3H3,(H,25,26). The number of benzene rings is 2. The van der Waals surface area contributed by atoms with E-state index in [0.29, 0.717) is 16.3 Å². The first-order chi connectivity index (χ1) is 14.4. The summed E-state index contributed by atoms with van der Waals surface area (Å²) in [5, 5.41) is 5.09. The number of carbonyl (C=O) groups is 2. The van der Waals surface area contributed by atoms with Crippen molar-refractivity contribution in [3.05, 3.63) is 69.0 Å². The van der Waals surface area contributed by atoms with Crippen molar-refractivity contribution in [2.75, 3.05) is 18.5 Å². The Morgan fingerprint density at radius 3 is 2.53 bits per heavy atom. The number of hydrogen-bond donors (Lipinski definition) is 1. The van der Waals surface area contributed by atoms with Crippen LogP contribution in [-0.4, -0.2) is 25.1 Å². The molecule has 0 spiro atoms. The zero-order valence-electron chi connectivity index (χ0n) is 17.0. The minimum absolute atomic E-state index is 0.155. The van der Waals surface area contributed by atoms with Crippen molar-refractivity contribution in [3.63, 3.8) is 0 Å². The van der Waals surface area contributed by atoms with Gasteiger partial charge in [-0.1, -0.05) is 40.2 Å². The molecule has 0 fully saturated rings. The lowest BCUT2D eigenvalue weighted by molar-refractivity contribution is -0.118. The van der Waals surface area contributed by atoms with E-state index in [2.05, 4.69) is 21.2 Å². The third kappa shape index (κ3) is 5.09. The minimum Gasteiger partial charge on any atom is -0.483 e. The van der Waals surface area contributed by atoms with Gasteiger partial charge in [-0.3, -0.25) is 4.79 Å². The fourth-order valence-electron chi connectivity index (χ4n) is 2.88. The van der Waals surface area contributed by atoms with Crippen molar-refractivity contribution >= 4 is 44.1 Å². The summed E-state index contributed by atoms with van der Waals surface area (Å²) in [5.41, 5.74) is 4.02. The Morgan fingerprint density at radius 2 is 1.83 bits per heavy atom. The van der Waals surface area contributed by atoms with Gasteiger partial charge in [0.2, 0.25) is 0 Å². The van der Waals surface area contributed by atoms with Crippen LogP contribution in [0.2, 0.25) is 0 Å². The molecule has 0 aliphatic heterocycles. The second kappa shape index (κ2) is 9.91. The molecule has 0 aliphatic carbocycles. The van der Waals surface area contributed by atoms with E-state index >= 15 is 0 Å². The van der Waals surface area contributed by atoms with Gasteiger partial charge in [0.1, 0.15) is 16.3 Å². The van der Waals surface area contributed by atoms with Crippen molar-refractivity contribution < 1.29 is 19.1 Å². The molecule has 1 heterocycles. The summed E-state index contributed by atoms with van der Waals surface area (Å²) in [6, 6.07) is 13.3. The molecular weight excluding hydrogens is 466 g/mol. The first-order valence-corrected chi connectivity index (χ1v) is 11.1. The van der Waals surface area contributed by atoms with Gasteiger partial charge in [0.05, 0.1) is 6.61 Å². The van der Waals surface area contributed by atoms with Crippen LogP contribution in [-0.2, 0) is 9.53 Å². The number of ether oxygens (including phenoxy) is 2. The Kier molecular flexibility index (Phi) is 7.29. The maximum absolute atomic E-state index is 12.6. The number of rotatable bonds is 7. The number of esters is 1. The lowest BCUT2D eigenvalue weighted by Gasteiger charge is -2.11. The quantitative estimate of drug-likeness (QED) is 0.415. The number of anilines is 1. The summed E-state index contributed by atoms with van der Waals surface area (Å²) in [6.07, 6.45) is 0. The highest BCUT2D eigenvalue weighted by Gasteiger charge is 2.23. The molecule has 2 aromatic carbocycles. The van der Waals surface area contributed by atoms with Gasteiger partial charge in [0, 0.05) is 15.4 Å². The molecule has 0 bridgehead atoms. The van der Waals surface area contributed by atoms with Gasteiger partial charge < -0.3 is 14.8 Å². The van der Waals surface area contributed by atoms with Crippen molar-refractivity contribution in [2.24, 2.45) is 0 Å². The molecule has 1 aromatic heterocycles. The third-order valence-corrected chi connectivity index (χ3v) is 6.02. The van der Waals surface area contributed by atoms with Crippen LogP contribution in [0.3, 0.4) is 0 Å². The Hall–Kier alpha value is -2.64. The summed E-state index contributed by atoms with van der Waals surface area (Å²) < 4.78 is 11.8. The maximum atomic E-state index is 12.6. The largest absolute Gasteiger partial charge is 0.483 e. The molecule has 30 heavy (non-hydrogen) atoms. The molecule has 1 amide bonds. The lowest BCUT2D eigenvalue weighted by atomic mass is 10.0. The van der Waals surface area contributed by atoms with E-state index in [0.717, 1.165) is 26.7 Å². The molecule has 1 N–H and O–H groups in total. The zero-order valence-corrected chi connectivity index (χ0v) is 19.4. The number of hydrogen-bond acceptors (Lipinski definition) is 5. The molecule has 3 rings (SSSR count). The van der Waals surface area contributed by atoms with Crippen LogP contribution < -0.4 is 10.1 Å². The van der Waals surface area contributed by atoms with E-state index in [1.807, 2.05) is 61.7 Å². The maximum Gasteiger partial charge on any atom is 0.341 e. The number of nitrogens with one attached hydrogen (secondary N) is 1. The van der Waals surface area contributed by atoms with Crippen LogP contribution in [0.25, 0.3) is 11.1 Å². The average Bonchev–Trinajstić information content (AvgIpc) is 3.13. The molecule has 0 radical (unpaired) electrons. The highest BCUT2D eigenvalue weighted by Crippen LogP contribution is 2.36. The molecule has 0 saturated carbocycles. The van der Waals surface area contributed by atoms with E-state index in [4.69, 9.17) is 9.47 Å². The van der Waals surface area contributed by atoms with Crippen LogP contribution >= 0.6 is 27.3 Å². The molecule has 156 valence electrons. The fourth-order valence-corrected chi connectivity index (χ4v) is 4.12. The lowest BCUT2D eigenvalue weighted by Crippen LogP contribution is -2.21. The highest BCUT2D eigenvalue weighted by atomic mass is 79.9. The Bertz CT molecular complexity index is 1060. The SMILES string of the molecule is CCOC(=O)c1c(-c2ccc(Br)cc2)csc1NC(=O)COc1cccc(C)c1C. The number of aryl methyl sites for hydroxylation is 1. The van der Waals surface area contributed by atoms with Gasteiger partial charge in [0.15, 0.2) is 6.61 Å². The number of thiophene rings is 1. The normalized spacial score (nSPS) is 10.5. The summed E-state index contributed by atoms with van der Waals surface area (Å²) in [6.45, 7) is 5.78. The van der Waals surface area contributed by atoms with Gasteiger partial charge in [-0.25, -0.2) is 4.79 Å². The van der Waals surface area contributed by atoms with Crippen molar-refractivity contribution in [3.8, 4) is 16.9 Å². The van der Waals surface area contributed by atoms with E-state index < -0.39 is 5.97 Å². The predicted octanol–water partition coefficient (Wildman–Crippen LogP) is 5.99. The van der Waals surface area contributed by atoms with Crippen LogP contribution in [0.4, 0.5) is 5.00 Å². The predicted molar refractivity (Wildman–Crippen MR) is 123 cm³/mol. The van der Waals surface area contributed by atoms with E-state index in [1.165, 1.54) is 11.3 Å². The number of amides is 1. The monoisotopic (exact) mass is 487 g/mol. The van der Waals surface area contributed by atoms with Gasteiger partial charge >= 0.3 is 5.97 Å². The number of carbonyl (C=O) groups excluding carboxylic acids is 2. The first kappa shape index (κ1) is 22.1. The van der Waals surface area contributed by atoms with E-state index in [1.54, 1.807) is 6.92 Å². The second-order valence-electron chi connectivity index (χ2n) is 6.62. The molecule has 5 nitrogen and oxygen atoms in total. The Labute approximate surface area is 188 Å². The summed E-state index contributed by atoms with van der Waals surface area (Å²) in [7, 11) is 0. The van der Waals surface area contributed by atoms with Crippen LogP contribution in [0, 0.1) is 13.8 Å². The summed E-state index contributed by atoms with van der Waals surface area (Å²) >= 11 is 4.70. The van der Waals surface area contributed by atoms with E-state index in [9.17, 15) is 9.59 Å². The van der Waals surface area contributed by atoms with Gasteiger partial charge in [-0.2, -0.15) is 0 Å². The highest BCUT2D eigenvalue weighted by molar-refractivity contribution is 9.10. The van der Waals surface area contributed by atoms with Gasteiger partial charge in [0.25, 0.3) is 5.91 Å². The third-order valence-electron chi connectivity index (χ3n) is 4.59. The topological polar surface area (TPSA) is 64.6 Å². The Balaban J connectivity index is 1.80. The zero-order chi connectivity index (χ0) is 21.7. The molecule has 0 aliphatic rings. The van der Waals surface area contributed by atoms with Gasteiger partial charge in [-0.15, -0.1) is 11.3 Å². The van der Waals surface area contributed by atoms with Crippen LogP contribution in [0.15, 0.2) is 52.3 Å². The molecule has 0 atom stereocenters. The first-order valence-electron chi connectivity index (χ1n) is 9.44. The smallest absolute Gasteiger partial charge is 0.341 e.